The van der Waals surface area contributed by atoms with Crippen LogP contribution in [0.4, 0.5) is 0 Å². The van der Waals surface area contributed by atoms with E-state index >= 15 is 0 Å². The van der Waals surface area contributed by atoms with Crippen molar-refractivity contribution in [3.63, 3.8) is 0 Å². The highest BCUT2D eigenvalue weighted by Crippen LogP contribution is 2.33. The summed E-state index contributed by atoms with van der Waals surface area (Å²) < 4.78 is 0. The Kier molecular flexibility index (Phi) is 3.79. The van der Waals surface area contributed by atoms with Crippen LogP contribution < -0.4 is 0 Å². The van der Waals surface area contributed by atoms with Gasteiger partial charge in [0.25, 0.3) is 0 Å². The fraction of sp³-hybridized carbons (Fsp3) is 1.00. The number of hydrogen-bond donors (Lipinski definition) is 0. The van der Waals surface area contributed by atoms with Gasteiger partial charge in [0.05, 0.1) is 0 Å². The smallest absolute Gasteiger partial charge is 0.0171 e. The molecule has 0 fully saturated rings. The second-order valence-corrected chi connectivity index (χ2v) is 4.35. The fourth-order valence-corrected chi connectivity index (χ4v) is 1.46. The molecule has 0 saturated heterocycles. The third kappa shape index (κ3) is 2.29. The summed E-state index contributed by atoms with van der Waals surface area (Å²) >= 11 is 3.62. The monoisotopic (exact) mass is 192 g/mol. The molecular weight excluding hydrogens is 176 g/mol. The molecule has 0 nitrogen and oxygen atoms in total. The summed E-state index contributed by atoms with van der Waals surface area (Å²) in [5, 5.41) is 0. The molecule has 0 radical (unpaired) electrons. The van der Waals surface area contributed by atoms with E-state index in [1.807, 2.05) is 0 Å². The Balaban J connectivity index is 3.92. The zero-order chi connectivity index (χ0) is 7.49. The summed E-state index contributed by atoms with van der Waals surface area (Å²) in [5.41, 5.74) is 0.500. The van der Waals surface area contributed by atoms with Crippen LogP contribution in [0, 0.1) is 5.41 Å². The van der Waals surface area contributed by atoms with Gasteiger partial charge in [0.15, 0.2) is 0 Å². The molecule has 0 aliphatic heterocycles. The van der Waals surface area contributed by atoms with E-state index in [2.05, 4.69) is 43.6 Å². The van der Waals surface area contributed by atoms with E-state index in [9.17, 15) is 0 Å². The van der Waals surface area contributed by atoms with Gasteiger partial charge < -0.3 is 0 Å². The molecule has 0 aliphatic rings. The maximum Gasteiger partial charge on any atom is 0.0171 e. The van der Waals surface area contributed by atoms with Crippen molar-refractivity contribution in [2.24, 2.45) is 5.41 Å². The van der Waals surface area contributed by atoms with Crippen LogP contribution in [0.1, 0.15) is 40.5 Å². The molecule has 0 aromatic heterocycles. The quantitative estimate of drug-likeness (QED) is 0.600. The van der Waals surface area contributed by atoms with E-state index in [1.54, 1.807) is 0 Å². The standard InChI is InChI=1S/C8H17Br/c1-5-8(4,6-2)7(3)9/h7H,5-6H2,1-4H3. The molecule has 0 aromatic rings. The predicted molar refractivity (Wildman–Crippen MR) is 47.1 cm³/mol. The maximum atomic E-state index is 3.62. The van der Waals surface area contributed by atoms with Crippen LogP contribution in [0.2, 0.25) is 0 Å². The highest BCUT2D eigenvalue weighted by Gasteiger charge is 2.24. The van der Waals surface area contributed by atoms with Crippen molar-refractivity contribution in [3.05, 3.63) is 0 Å². The molecule has 0 saturated carbocycles. The van der Waals surface area contributed by atoms with Gasteiger partial charge in [0.2, 0.25) is 0 Å². The van der Waals surface area contributed by atoms with Crippen LogP contribution in [0.3, 0.4) is 0 Å². The summed E-state index contributed by atoms with van der Waals surface area (Å²) in [7, 11) is 0. The molecule has 0 N–H and O–H groups in total. The molecule has 1 heteroatoms. The Morgan fingerprint density at radius 1 is 1.33 bits per heavy atom. The fourth-order valence-electron chi connectivity index (χ4n) is 0.813. The number of alkyl halides is 1. The SMILES string of the molecule is CCC(C)(CC)C(C)Br. The van der Waals surface area contributed by atoms with Gasteiger partial charge in [-0.25, -0.2) is 0 Å². The number of hydrogen-bond acceptors (Lipinski definition) is 0. The van der Waals surface area contributed by atoms with Crippen molar-refractivity contribution in [2.45, 2.75) is 45.4 Å². The highest BCUT2D eigenvalue weighted by atomic mass is 79.9. The number of rotatable bonds is 3. The summed E-state index contributed by atoms with van der Waals surface area (Å²) in [4.78, 5) is 0.639. The number of halogens is 1. The van der Waals surface area contributed by atoms with Crippen LogP contribution in [0.5, 0.6) is 0 Å². The lowest BCUT2D eigenvalue weighted by molar-refractivity contribution is 0.301. The third-order valence-corrected chi connectivity index (χ3v) is 3.68. The minimum absolute atomic E-state index is 0.500. The lowest BCUT2D eigenvalue weighted by atomic mass is 9.82. The minimum Gasteiger partial charge on any atom is -0.0888 e. The Labute approximate surface area is 67.2 Å². The molecule has 1 unspecified atom stereocenters. The van der Waals surface area contributed by atoms with Crippen molar-refractivity contribution in [1.29, 1.82) is 0 Å². The van der Waals surface area contributed by atoms with Crippen molar-refractivity contribution >= 4 is 15.9 Å². The van der Waals surface area contributed by atoms with Crippen molar-refractivity contribution < 1.29 is 0 Å². The summed E-state index contributed by atoms with van der Waals surface area (Å²) in [5.74, 6) is 0. The Morgan fingerprint density at radius 3 is 1.67 bits per heavy atom. The van der Waals surface area contributed by atoms with Crippen molar-refractivity contribution in [2.75, 3.05) is 0 Å². The molecule has 0 spiro atoms. The zero-order valence-electron chi connectivity index (χ0n) is 6.87. The van der Waals surface area contributed by atoms with Gasteiger partial charge in [-0.3, -0.25) is 0 Å². The Hall–Kier alpha value is 0.480. The lowest BCUT2D eigenvalue weighted by Crippen LogP contribution is -2.23. The molecular formula is C8H17Br. The lowest BCUT2D eigenvalue weighted by Gasteiger charge is -2.29. The molecule has 0 bridgehead atoms. The average Bonchev–Trinajstić information content (AvgIpc) is 1.86. The van der Waals surface area contributed by atoms with Crippen LogP contribution in [-0.2, 0) is 0 Å². The first-order chi connectivity index (χ1) is 4.06. The van der Waals surface area contributed by atoms with Crippen LogP contribution >= 0.6 is 15.9 Å². The van der Waals surface area contributed by atoms with Gasteiger partial charge in [-0.1, -0.05) is 43.6 Å². The minimum atomic E-state index is 0.500. The molecule has 56 valence electrons. The summed E-state index contributed by atoms with van der Waals surface area (Å²) in [6.45, 7) is 9.06. The summed E-state index contributed by atoms with van der Waals surface area (Å²) in [6, 6.07) is 0. The highest BCUT2D eigenvalue weighted by molar-refractivity contribution is 9.09. The molecule has 0 rings (SSSR count). The molecule has 9 heavy (non-hydrogen) atoms. The Bertz CT molecular complexity index is 72.6. The van der Waals surface area contributed by atoms with Gasteiger partial charge in [-0.15, -0.1) is 0 Å². The third-order valence-electron chi connectivity index (χ3n) is 2.58. The van der Waals surface area contributed by atoms with Gasteiger partial charge in [-0.05, 0) is 18.3 Å². The van der Waals surface area contributed by atoms with Gasteiger partial charge in [0, 0.05) is 4.83 Å². The first kappa shape index (κ1) is 9.48. The van der Waals surface area contributed by atoms with Gasteiger partial charge in [0.1, 0.15) is 0 Å². The van der Waals surface area contributed by atoms with E-state index in [-0.39, 0.29) is 0 Å². The first-order valence-corrected chi connectivity index (χ1v) is 4.62. The van der Waals surface area contributed by atoms with Gasteiger partial charge >= 0.3 is 0 Å². The second-order valence-electron chi connectivity index (χ2n) is 2.98. The first-order valence-electron chi connectivity index (χ1n) is 3.71. The topological polar surface area (TPSA) is 0 Å². The average molecular weight is 193 g/mol. The Morgan fingerprint density at radius 2 is 1.67 bits per heavy atom. The largest absolute Gasteiger partial charge is 0.0888 e. The second kappa shape index (κ2) is 3.60. The molecule has 0 aromatic carbocycles. The van der Waals surface area contributed by atoms with E-state index in [4.69, 9.17) is 0 Å². The zero-order valence-corrected chi connectivity index (χ0v) is 8.46. The molecule has 0 amide bonds. The van der Waals surface area contributed by atoms with Crippen molar-refractivity contribution in [3.8, 4) is 0 Å². The van der Waals surface area contributed by atoms with Crippen LogP contribution in [-0.4, -0.2) is 4.83 Å². The summed E-state index contributed by atoms with van der Waals surface area (Å²) in [6.07, 6.45) is 2.52. The van der Waals surface area contributed by atoms with E-state index in [0.29, 0.717) is 10.2 Å². The maximum absolute atomic E-state index is 3.62. The van der Waals surface area contributed by atoms with E-state index in [1.165, 1.54) is 12.8 Å². The van der Waals surface area contributed by atoms with Gasteiger partial charge in [-0.2, -0.15) is 0 Å². The molecule has 1 atom stereocenters. The van der Waals surface area contributed by atoms with Crippen LogP contribution in [0.15, 0.2) is 0 Å². The van der Waals surface area contributed by atoms with E-state index in [0.717, 1.165) is 0 Å². The predicted octanol–water partition coefficient (Wildman–Crippen LogP) is 3.60. The normalized spacial score (nSPS) is 15.7. The molecule has 0 heterocycles. The van der Waals surface area contributed by atoms with Crippen LogP contribution in [0.25, 0.3) is 0 Å². The van der Waals surface area contributed by atoms with E-state index < -0.39 is 0 Å². The molecule has 0 aliphatic carbocycles. The van der Waals surface area contributed by atoms with Crippen molar-refractivity contribution in [1.82, 2.24) is 0 Å².